The van der Waals surface area contributed by atoms with Crippen LogP contribution < -0.4 is 0 Å². The predicted octanol–water partition coefficient (Wildman–Crippen LogP) is 5.79. The van der Waals surface area contributed by atoms with Gasteiger partial charge in [-0.2, -0.15) is 10.2 Å². The molecule has 1 saturated heterocycles. The van der Waals surface area contributed by atoms with Crippen molar-refractivity contribution in [3.63, 3.8) is 0 Å². The maximum Gasteiger partial charge on any atom is 0.234 e. The fourth-order valence-electron chi connectivity index (χ4n) is 5.54. The number of nitriles is 1. The predicted molar refractivity (Wildman–Crippen MR) is 160 cm³/mol. The van der Waals surface area contributed by atoms with Crippen LogP contribution >= 0.6 is 0 Å². The molecule has 0 radical (unpaired) electrons. The summed E-state index contributed by atoms with van der Waals surface area (Å²) in [6, 6.07) is 28.7. The standard InChI is InChI=1S/C33H27N9/c34-19-29-36-20-26-18-27(23-6-2-1-3-7-23)30(38-31(26)37-29)24-11-9-22(10-12-24)21-42-16-13-25(14-17-42)32-39-33(41-40-32)28-8-4-5-15-35-28/h1-12,15,18,20,25H,13-14,16-17,21H2,(H,39,40,41). The summed E-state index contributed by atoms with van der Waals surface area (Å²) in [4.78, 5) is 23.6. The molecule has 4 aromatic heterocycles. The van der Waals surface area contributed by atoms with E-state index in [0.29, 0.717) is 11.6 Å². The van der Waals surface area contributed by atoms with Crippen LogP contribution in [0, 0.1) is 11.3 Å². The zero-order chi connectivity index (χ0) is 28.3. The molecule has 0 bridgehead atoms. The number of nitrogens with zero attached hydrogens (tertiary/aromatic N) is 8. The molecular weight excluding hydrogens is 522 g/mol. The number of rotatable bonds is 6. The first-order valence-corrected chi connectivity index (χ1v) is 14.0. The highest BCUT2D eigenvalue weighted by atomic mass is 15.2. The van der Waals surface area contributed by atoms with Gasteiger partial charge in [0, 0.05) is 41.4 Å². The molecule has 9 heteroatoms. The Labute approximate surface area is 243 Å². The quantitative estimate of drug-likeness (QED) is 0.277. The molecule has 1 N–H and O–H groups in total. The Hall–Kier alpha value is -5.33. The first-order chi connectivity index (χ1) is 20.7. The van der Waals surface area contributed by atoms with E-state index in [1.54, 1.807) is 12.4 Å². The minimum absolute atomic E-state index is 0.115. The second kappa shape index (κ2) is 11.3. The third-order valence-corrected chi connectivity index (χ3v) is 7.77. The Bertz CT molecular complexity index is 1870. The molecular formula is C33H27N9. The minimum atomic E-state index is 0.115. The van der Waals surface area contributed by atoms with Crippen LogP contribution in [-0.4, -0.2) is 53.1 Å². The van der Waals surface area contributed by atoms with Crippen LogP contribution in [-0.2, 0) is 6.54 Å². The molecule has 0 atom stereocenters. The lowest BCUT2D eigenvalue weighted by molar-refractivity contribution is 0.202. The van der Waals surface area contributed by atoms with Gasteiger partial charge in [-0.3, -0.25) is 9.88 Å². The van der Waals surface area contributed by atoms with E-state index in [4.69, 9.17) is 4.98 Å². The van der Waals surface area contributed by atoms with Gasteiger partial charge in [-0.25, -0.2) is 9.97 Å². The highest BCUT2D eigenvalue weighted by molar-refractivity contribution is 5.89. The molecule has 2 aromatic carbocycles. The van der Waals surface area contributed by atoms with Gasteiger partial charge < -0.3 is 4.98 Å². The zero-order valence-electron chi connectivity index (χ0n) is 22.9. The zero-order valence-corrected chi connectivity index (χ0v) is 22.9. The van der Waals surface area contributed by atoms with E-state index >= 15 is 0 Å². The molecule has 0 unspecified atom stereocenters. The molecule has 42 heavy (non-hydrogen) atoms. The molecule has 0 amide bonds. The lowest BCUT2D eigenvalue weighted by Gasteiger charge is -2.30. The van der Waals surface area contributed by atoms with Crippen molar-refractivity contribution < 1.29 is 0 Å². The van der Waals surface area contributed by atoms with Gasteiger partial charge >= 0.3 is 0 Å². The molecule has 1 fully saturated rings. The van der Waals surface area contributed by atoms with Gasteiger partial charge in [0.15, 0.2) is 11.5 Å². The number of fused-ring (bicyclic) bond motifs is 1. The van der Waals surface area contributed by atoms with Crippen LogP contribution in [0.15, 0.2) is 91.3 Å². The largest absolute Gasteiger partial charge is 0.323 e. The Morgan fingerprint density at radius 3 is 2.43 bits per heavy atom. The molecule has 0 spiro atoms. The number of likely N-dealkylation sites (tertiary alicyclic amines) is 1. The first-order valence-electron chi connectivity index (χ1n) is 14.0. The Morgan fingerprint density at radius 1 is 0.857 bits per heavy atom. The molecule has 0 saturated carbocycles. The van der Waals surface area contributed by atoms with Gasteiger partial charge in [-0.15, -0.1) is 10.2 Å². The van der Waals surface area contributed by atoms with E-state index in [1.165, 1.54) is 5.56 Å². The summed E-state index contributed by atoms with van der Waals surface area (Å²) in [5, 5.41) is 18.8. The van der Waals surface area contributed by atoms with E-state index in [2.05, 4.69) is 77.5 Å². The van der Waals surface area contributed by atoms with Crippen molar-refractivity contribution in [1.29, 1.82) is 5.26 Å². The van der Waals surface area contributed by atoms with E-state index in [1.807, 2.05) is 42.5 Å². The van der Waals surface area contributed by atoms with E-state index in [0.717, 1.165) is 77.6 Å². The number of H-pyrrole nitrogens is 1. The highest BCUT2D eigenvalue weighted by Gasteiger charge is 2.24. The van der Waals surface area contributed by atoms with Crippen LogP contribution in [0.1, 0.15) is 36.0 Å². The molecule has 7 rings (SSSR count). The van der Waals surface area contributed by atoms with E-state index in [9.17, 15) is 5.26 Å². The topological polar surface area (TPSA) is 120 Å². The summed E-state index contributed by atoms with van der Waals surface area (Å²) in [5.41, 5.74) is 6.49. The molecule has 1 aliphatic rings. The first kappa shape index (κ1) is 25.6. The number of piperidine rings is 1. The average Bonchev–Trinajstić information content (AvgIpc) is 3.56. The molecule has 5 heterocycles. The molecule has 0 aliphatic carbocycles. The number of benzene rings is 2. The summed E-state index contributed by atoms with van der Waals surface area (Å²) in [7, 11) is 0. The Kier molecular flexibility index (Phi) is 6.88. The van der Waals surface area contributed by atoms with Crippen molar-refractivity contribution in [1.82, 2.24) is 40.0 Å². The molecule has 204 valence electrons. The number of aromatic nitrogens is 7. The van der Waals surface area contributed by atoms with E-state index in [-0.39, 0.29) is 5.82 Å². The van der Waals surface area contributed by atoms with Crippen molar-refractivity contribution in [2.45, 2.75) is 25.3 Å². The van der Waals surface area contributed by atoms with Gasteiger partial charge in [-0.05, 0) is 55.3 Å². The van der Waals surface area contributed by atoms with Gasteiger partial charge in [0.1, 0.15) is 17.6 Å². The summed E-state index contributed by atoms with van der Waals surface area (Å²) >= 11 is 0. The van der Waals surface area contributed by atoms with Crippen LogP contribution in [0.3, 0.4) is 0 Å². The lowest BCUT2D eigenvalue weighted by atomic mass is 9.95. The summed E-state index contributed by atoms with van der Waals surface area (Å²) in [6.45, 7) is 2.88. The fourth-order valence-corrected chi connectivity index (χ4v) is 5.54. The molecule has 9 nitrogen and oxygen atoms in total. The molecule has 1 aliphatic heterocycles. The number of nitrogens with one attached hydrogen (secondary N) is 1. The lowest BCUT2D eigenvalue weighted by Crippen LogP contribution is -2.32. The maximum atomic E-state index is 9.28. The van der Waals surface area contributed by atoms with Crippen LogP contribution in [0.5, 0.6) is 0 Å². The van der Waals surface area contributed by atoms with E-state index < -0.39 is 0 Å². The highest BCUT2D eigenvalue weighted by Crippen LogP contribution is 2.33. The third-order valence-electron chi connectivity index (χ3n) is 7.77. The SMILES string of the molecule is N#Cc1ncc2cc(-c3ccccc3)c(-c3ccc(CN4CCC(c5nnc(-c6ccccn6)[nH]5)CC4)cc3)nc2n1. The number of hydrogen-bond donors (Lipinski definition) is 1. The summed E-state index contributed by atoms with van der Waals surface area (Å²) in [5.74, 6) is 2.16. The van der Waals surface area contributed by atoms with Crippen LogP contribution in [0.2, 0.25) is 0 Å². The second-order valence-electron chi connectivity index (χ2n) is 10.5. The average molecular weight is 550 g/mol. The van der Waals surface area contributed by atoms with Crippen molar-refractivity contribution >= 4 is 11.0 Å². The van der Waals surface area contributed by atoms with Gasteiger partial charge in [0.2, 0.25) is 5.82 Å². The van der Waals surface area contributed by atoms with Gasteiger partial charge in [0.05, 0.1) is 5.69 Å². The summed E-state index contributed by atoms with van der Waals surface area (Å²) in [6.07, 6.45) is 5.49. The second-order valence-corrected chi connectivity index (χ2v) is 10.5. The maximum absolute atomic E-state index is 9.28. The normalized spacial score (nSPS) is 14.2. The third kappa shape index (κ3) is 5.23. The number of hydrogen-bond acceptors (Lipinski definition) is 8. The summed E-state index contributed by atoms with van der Waals surface area (Å²) < 4.78 is 0. The van der Waals surface area contributed by atoms with Crippen molar-refractivity contribution in [3.05, 3.63) is 108 Å². The van der Waals surface area contributed by atoms with Gasteiger partial charge in [-0.1, -0.05) is 60.7 Å². The van der Waals surface area contributed by atoms with Crippen molar-refractivity contribution in [3.8, 4) is 40.0 Å². The smallest absolute Gasteiger partial charge is 0.234 e. The van der Waals surface area contributed by atoms with Crippen molar-refractivity contribution in [2.24, 2.45) is 0 Å². The van der Waals surface area contributed by atoms with Crippen LogP contribution in [0.4, 0.5) is 0 Å². The Balaban J connectivity index is 1.07. The minimum Gasteiger partial charge on any atom is -0.323 e. The molecule has 6 aromatic rings. The Morgan fingerprint density at radius 2 is 1.67 bits per heavy atom. The fraction of sp³-hybridized carbons (Fsp3) is 0.182. The number of aromatic amines is 1. The van der Waals surface area contributed by atoms with Gasteiger partial charge in [0.25, 0.3) is 0 Å². The van der Waals surface area contributed by atoms with Crippen LogP contribution in [0.25, 0.3) is 44.9 Å². The monoisotopic (exact) mass is 549 g/mol. The van der Waals surface area contributed by atoms with Crippen molar-refractivity contribution in [2.75, 3.05) is 13.1 Å². The number of pyridine rings is 2.